The average Bonchev–Trinajstić information content (AvgIpc) is 1.86. The number of hydrazine groups is 1. The van der Waals surface area contributed by atoms with Crippen LogP contribution in [0.15, 0.2) is 0 Å². The Balaban J connectivity index is 2.40. The number of nitrogens with one attached hydrogen (secondary N) is 1. The van der Waals surface area contributed by atoms with E-state index in [0.717, 1.165) is 19.4 Å². The Morgan fingerprint density at radius 3 is 2.70 bits per heavy atom. The van der Waals surface area contributed by atoms with Crippen molar-refractivity contribution in [3.8, 4) is 0 Å². The molecule has 3 N–H and O–H groups in total. The number of hydrogen-bond donors (Lipinski definition) is 2. The van der Waals surface area contributed by atoms with Crippen LogP contribution in [-0.2, 0) is 4.74 Å². The molecule has 0 aromatic carbocycles. The average molecular weight is 144 g/mol. The van der Waals surface area contributed by atoms with Crippen LogP contribution < -0.4 is 11.3 Å². The molecule has 0 bridgehead atoms. The van der Waals surface area contributed by atoms with Crippen LogP contribution in [0.1, 0.15) is 26.7 Å². The third-order valence-corrected chi connectivity index (χ3v) is 1.93. The van der Waals surface area contributed by atoms with Gasteiger partial charge >= 0.3 is 0 Å². The summed E-state index contributed by atoms with van der Waals surface area (Å²) in [6.45, 7) is 5.01. The molecule has 1 atom stereocenters. The molecule has 1 heterocycles. The summed E-state index contributed by atoms with van der Waals surface area (Å²) in [5.41, 5.74) is 2.79. The zero-order chi connectivity index (χ0) is 7.61. The van der Waals surface area contributed by atoms with Gasteiger partial charge in [0.25, 0.3) is 0 Å². The largest absolute Gasteiger partial charge is 0.375 e. The van der Waals surface area contributed by atoms with Crippen molar-refractivity contribution in [2.24, 2.45) is 5.84 Å². The summed E-state index contributed by atoms with van der Waals surface area (Å²) in [7, 11) is 0. The van der Waals surface area contributed by atoms with Gasteiger partial charge in [-0.1, -0.05) is 0 Å². The second-order valence-electron chi connectivity index (χ2n) is 3.46. The topological polar surface area (TPSA) is 47.3 Å². The number of nitrogens with two attached hydrogens (primary N) is 1. The van der Waals surface area contributed by atoms with Crippen molar-refractivity contribution in [3.63, 3.8) is 0 Å². The molecule has 1 aliphatic heterocycles. The monoisotopic (exact) mass is 144 g/mol. The molecule has 10 heavy (non-hydrogen) atoms. The van der Waals surface area contributed by atoms with E-state index in [-0.39, 0.29) is 5.60 Å². The Morgan fingerprint density at radius 2 is 2.30 bits per heavy atom. The fraction of sp³-hybridized carbons (Fsp3) is 1.00. The molecule has 0 aromatic rings. The first-order valence-electron chi connectivity index (χ1n) is 3.74. The van der Waals surface area contributed by atoms with Crippen molar-refractivity contribution in [1.82, 2.24) is 5.43 Å². The van der Waals surface area contributed by atoms with Gasteiger partial charge in [0.05, 0.1) is 5.60 Å². The van der Waals surface area contributed by atoms with Gasteiger partial charge in [-0.15, -0.1) is 0 Å². The lowest BCUT2D eigenvalue weighted by molar-refractivity contribution is -0.0628. The van der Waals surface area contributed by atoms with E-state index in [2.05, 4.69) is 19.3 Å². The predicted octanol–water partition coefficient (Wildman–Crippen LogP) is 0.407. The van der Waals surface area contributed by atoms with Crippen LogP contribution >= 0.6 is 0 Å². The van der Waals surface area contributed by atoms with Crippen LogP contribution in [0.4, 0.5) is 0 Å². The standard InChI is InChI=1S/C7H16N2O/c1-7(2)5-6(9-8)3-4-10-7/h6,9H,3-5,8H2,1-2H3/t6-/m1/s1. The Morgan fingerprint density at radius 1 is 1.60 bits per heavy atom. The molecule has 1 aliphatic rings. The van der Waals surface area contributed by atoms with Gasteiger partial charge in [-0.25, -0.2) is 0 Å². The molecule has 0 spiro atoms. The van der Waals surface area contributed by atoms with E-state index in [1.165, 1.54) is 0 Å². The zero-order valence-corrected chi connectivity index (χ0v) is 6.68. The van der Waals surface area contributed by atoms with Gasteiger partial charge in [0.2, 0.25) is 0 Å². The Hall–Kier alpha value is -0.120. The van der Waals surface area contributed by atoms with Gasteiger partial charge in [0, 0.05) is 12.6 Å². The number of ether oxygens (including phenoxy) is 1. The van der Waals surface area contributed by atoms with Crippen molar-refractivity contribution >= 4 is 0 Å². The van der Waals surface area contributed by atoms with Crippen molar-refractivity contribution in [2.45, 2.75) is 38.3 Å². The minimum absolute atomic E-state index is 0.00921. The van der Waals surface area contributed by atoms with Gasteiger partial charge in [0.15, 0.2) is 0 Å². The first-order chi connectivity index (χ1) is 4.64. The van der Waals surface area contributed by atoms with Crippen LogP contribution in [0.3, 0.4) is 0 Å². The first kappa shape index (κ1) is 7.98. The lowest BCUT2D eigenvalue weighted by atomic mass is 9.94. The molecule has 0 amide bonds. The van der Waals surface area contributed by atoms with Crippen molar-refractivity contribution in [2.75, 3.05) is 6.61 Å². The molecule has 0 unspecified atom stereocenters. The maximum absolute atomic E-state index is 5.50. The fourth-order valence-corrected chi connectivity index (χ4v) is 1.37. The van der Waals surface area contributed by atoms with Crippen LogP contribution in [0.25, 0.3) is 0 Å². The summed E-state index contributed by atoms with van der Waals surface area (Å²) in [5, 5.41) is 0. The second kappa shape index (κ2) is 2.86. The zero-order valence-electron chi connectivity index (χ0n) is 6.68. The highest BCUT2D eigenvalue weighted by molar-refractivity contribution is 4.81. The van der Waals surface area contributed by atoms with Gasteiger partial charge in [0.1, 0.15) is 0 Å². The minimum atomic E-state index is 0.00921. The van der Waals surface area contributed by atoms with Gasteiger partial charge in [-0.3, -0.25) is 11.3 Å². The third kappa shape index (κ3) is 1.94. The lowest BCUT2D eigenvalue weighted by Crippen LogP contribution is -2.46. The summed E-state index contributed by atoms with van der Waals surface area (Å²) < 4.78 is 5.50. The third-order valence-electron chi connectivity index (χ3n) is 1.93. The van der Waals surface area contributed by atoms with Crippen LogP contribution in [0, 0.1) is 0 Å². The second-order valence-corrected chi connectivity index (χ2v) is 3.46. The van der Waals surface area contributed by atoms with Gasteiger partial charge in [-0.05, 0) is 26.7 Å². The van der Waals surface area contributed by atoms with Crippen molar-refractivity contribution in [3.05, 3.63) is 0 Å². The maximum Gasteiger partial charge on any atom is 0.0641 e. The molecule has 3 nitrogen and oxygen atoms in total. The summed E-state index contributed by atoms with van der Waals surface area (Å²) in [6.07, 6.45) is 2.03. The Labute approximate surface area is 61.9 Å². The molecule has 1 fully saturated rings. The summed E-state index contributed by atoms with van der Waals surface area (Å²) >= 11 is 0. The molecule has 1 rings (SSSR count). The smallest absolute Gasteiger partial charge is 0.0641 e. The number of rotatable bonds is 1. The van der Waals surface area contributed by atoms with E-state index in [1.54, 1.807) is 0 Å². The minimum Gasteiger partial charge on any atom is -0.375 e. The molecule has 3 heteroatoms. The van der Waals surface area contributed by atoms with Gasteiger partial charge < -0.3 is 4.74 Å². The normalized spacial score (nSPS) is 32.1. The molecular weight excluding hydrogens is 128 g/mol. The summed E-state index contributed by atoms with van der Waals surface area (Å²) in [6, 6.07) is 0.434. The SMILES string of the molecule is CC1(C)C[C@H](NN)CCO1. The van der Waals surface area contributed by atoms with E-state index >= 15 is 0 Å². The highest BCUT2D eigenvalue weighted by atomic mass is 16.5. The van der Waals surface area contributed by atoms with Crippen LogP contribution in [0.2, 0.25) is 0 Å². The maximum atomic E-state index is 5.50. The predicted molar refractivity (Wildman–Crippen MR) is 40.4 cm³/mol. The molecule has 0 radical (unpaired) electrons. The van der Waals surface area contributed by atoms with E-state index < -0.39 is 0 Å². The van der Waals surface area contributed by atoms with Crippen molar-refractivity contribution in [1.29, 1.82) is 0 Å². The summed E-state index contributed by atoms with van der Waals surface area (Å²) in [5.74, 6) is 5.32. The lowest BCUT2D eigenvalue weighted by Gasteiger charge is -2.34. The van der Waals surface area contributed by atoms with Crippen molar-refractivity contribution < 1.29 is 4.74 Å². The highest BCUT2D eigenvalue weighted by Crippen LogP contribution is 2.23. The van der Waals surface area contributed by atoms with Gasteiger partial charge in [-0.2, -0.15) is 0 Å². The summed E-state index contributed by atoms with van der Waals surface area (Å²) in [4.78, 5) is 0. The van der Waals surface area contributed by atoms with E-state index in [0.29, 0.717) is 6.04 Å². The molecule has 60 valence electrons. The quantitative estimate of drug-likeness (QED) is 0.414. The molecule has 0 saturated carbocycles. The molecule has 1 saturated heterocycles. The van der Waals surface area contributed by atoms with E-state index in [1.807, 2.05) is 0 Å². The Bertz CT molecular complexity index is 114. The van der Waals surface area contributed by atoms with E-state index in [9.17, 15) is 0 Å². The van der Waals surface area contributed by atoms with Crippen LogP contribution in [-0.4, -0.2) is 18.2 Å². The fourth-order valence-electron chi connectivity index (χ4n) is 1.37. The Kier molecular flexibility index (Phi) is 2.28. The van der Waals surface area contributed by atoms with E-state index in [4.69, 9.17) is 10.6 Å². The molecule has 0 aliphatic carbocycles. The first-order valence-corrected chi connectivity index (χ1v) is 3.74. The van der Waals surface area contributed by atoms with Crippen LogP contribution in [0.5, 0.6) is 0 Å². The number of hydrogen-bond acceptors (Lipinski definition) is 3. The molecule has 0 aromatic heterocycles. The molecular formula is C7H16N2O. The highest BCUT2D eigenvalue weighted by Gasteiger charge is 2.27.